The minimum atomic E-state index is -1.29. The molecule has 1 saturated heterocycles. The SMILES string of the molecule is CC1CCN(Cc2cc3c(cc2-c2ccc(O)c4c2CC2CC5C(C(=O)C(C(N)=O)=C(O)[C@H]5N(C)C)C(=O)C2=C4O)OCO3)CC1. The van der Waals surface area contributed by atoms with Crippen molar-refractivity contribution in [2.45, 2.75) is 45.2 Å². The molecule has 1 saturated carbocycles. The van der Waals surface area contributed by atoms with Crippen LogP contribution in [0.5, 0.6) is 17.2 Å². The molecule has 0 aromatic heterocycles. The number of likely N-dealkylation sites (N-methyl/N-ethyl adjacent to an activating group) is 1. The van der Waals surface area contributed by atoms with Crippen LogP contribution in [0.25, 0.3) is 16.9 Å². The Labute approximate surface area is 266 Å². The number of amides is 1. The maximum Gasteiger partial charge on any atom is 0.255 e. The van der Waals surface area contributed by atoms with Crippen molar-refractivity contribution in [3.05, 3.63) is 57.9 Å². The van der Waals surface area contributed by atoms with E-state index >= 15 is 0 Å². The quantitative estimate of drug-likeness (QED) is 0.285. The number of allylic oxidation sites excluding steroid dienone is 1. The van der Waals surface area contributed by atoms with E-state index in [-0.39, 0.29) is 35.9 Å². The lowest BCUT2D eigenvalue weighted by Gasteiger charge is -2.46. The Bertz CT molecular complexity index is 1740. The van der Waals surface area contributed by atoms with Crippen LogP contribution in [0, 0.1) is 23.7 Å². The van der Waals surface area contributed by atoms with E-state index < -0.39 is 52.6 Å². The van der Waals surface area contributed by atoms with Crippen LogP contribution in [0.4, 0.5) is 0 Å². The zero-order valence-corrected chi connectivity index (χ0v) is 26.2. The summed E-state index contributed by atoms with van der Waals surface area (Å²) in [5.41, 5.74) is 8.53. The lowest BCUT2D eigenvalue weighted by Crippen LogP contribution is -2.55. The number of piperidine rings is 1. The van der Waals surface area contributed by atoms with E-state index in [1.54, 1.807) is 19.0 Å². The number of phenols is 1. The number of primary amides is 1. The van der Waals surface area contributed by atoms with Gasteiger partial charge in [-0.1, -0.05) is 13.0 Å². The molecule has 242 valence electrons. The average molecular weight is 630 g/mol. The molecule has 4 atom stereocenters. The molecular weight excluding hydrogens is 590 g/mol. The normalized spacial score (nSPS) is 26.3. The average Bonchev–Trinajstić information content (AvgIpc) is 3.45. The minimum Gasteiger partial charge on any atom is -0.510 e. The van der Waals surface area contributed by atoms with Crippen molar-refractivity contribution in [3.63, 3.8) is 0 Å². The first-order valence-electron chi connectivity index (χ1n) is 15.9. The molecule has 3 unspecified atom stereocenters. The van der Waals surface area contributed by atoms with Crippen LogP contribution < -0.4 is 15.2 Å². The highest BCUT2D eigenvalue weighted by Crippen LogP contribution is 2.52. The Morgan fingerprint density at radius 3 is 2.39 bits per heavy atom. The number of aromatic hydroxyl groups is 1. The number of benzene rings is 2. The van der Waals surface area contributed by atoms with Crippen molar-refractivity contribution in [1.29, 1.82) is 0 Å². The number of hydrogen-bond acceptors (Lipinski definition) is 10. The number of Topliss-reactive ketones (excluding diaryl/α,β-unsaturated/α-hetero) is 2. The first kappa shape index (κ1) is 30.3. The van der Waals surface area contributed by atoms with Gasteiger partial charge < -0.3 is 30.5 Å². The summed E-state index contributed by atoms with van der Waals surface area (Å²) in [5, 5.41) is 33.9. The first-order chi connectivity index (χ1) is 22.0. The Kier molecular flexibility index (Phi) is 7.36. The van der Waals surface area contributed by atoms with Gasteiger partial charge in [0.2, 0.25) is 6.79 Å². The number of fused-ring (bicyclic) bond motifs is 4. The van der Waals surface area contributed by atoms with Crippen molar-refractivity contribution in [2.24, 2.45) is 29.4 Å². The largest absolute Gasteiger partial charge is 0.510 e. The maximum absolute atomic E-state index is 14.1. The van der Waals surface area contributed by atoms with Crippen LogP contribution in [-0.4, -0.2) is 82.6 Å². The monoisotopic (exact) mass is 629 g/mol. The molecule has 2 aromatic rings. The highest BCUT2D eigenvalue weighted by atomic mass is 16.7. The van der Waals surface area contributed by atoms with E-state index in [1.165, 1.54) is 6.07 Å². The fourth-order valence-electron chi connectivity index (χ4n) is 8.35. The molecule has 3 aliphatic carbocycles. The van der Waals surface area contributed by atoms with E-state index in [4.69, 9.17) is 15.2 Å². The molecule has 2 aromatic carbocycles. The van der Waals surface area contributed by atoms with E-state index in [9.17, 15) is 29.7 Å². The molecule has 1 amide bonds. The number of hydrogen-bond donors (Lipinski definition) is 4. The third-order valence-electron chi connectivity index (χ3n) is 10.6. The number of nitrogens with two attached hydrogens (primary N) is 1. The summed E-state index contributed by atoms with van der Waals surface area (Å²) < 4.78 is 11.5. The summed E-state index contributed by atoms with van der Waals surface area (Å²) in [4.78, 5) is 44.0. The van der Waals surface area contributed by atoms with Crippen LogP contribution in [-0.2, 0) is 27.3 Å². The third-order valence-corrected chi connectivity index (χ3v) is 10.6. The molecule has 11 heteroatoms. The molecule has 2 aliphatic heterocycles. The Morgan fingerprint density at radius 2 is 1.72 bits per heavy atom. The molecule has 0 bridgehead atoms. The van der Waals surface area contributed by atoms with Crippen molar-refractivity contribution in [1.82, 2.24) is 9.80 Å². The minimum absolute atomic E-state index is 0.0608. The summed E-state index contributed by atoms with van der Waals surface area (Å²) in [6.45, 7) is 5.04. The molecule has 5 aliphatic rings. The standard InChI is InChI=1S/C35H39N3O8/c1-16-6-8-38(9-7-16)14-18-12-24-25(46-15-45-24)13-20(18)19-4-5-23(39)27-21(19)10-17-11-22-28(32(41)26(17)31(27)40)33(42)29(35(36)44)34(43)30(22)37(2)3/h4-5,12-13,16-17,22,28,30,39-40,43H,6-11,14-15H2,1-3H3,(H2,36,44)/t17?,22?,28?,30-/m0/s1. The second kappa shape index (κ2) is 11.2. The molecular formula is C35H39N3O8. The molecule has 5 N–H and O–H groups in total. The van der Waals surface area contributed by atoms with Gasteiger partial charge in [-0.2, -0.15) is 0 Å². The van der Waals surface area contributed by atoms with Gasteiger partial charge in [-0.15, -0.1) is 0 Å². The maximum atomic E-state index is 14.1. The summed E-state index contributed by atoms with van der Waals surface area (Å²) in [6.07, 6.45) is 2.84. The van der Waals surface area contributed by atoms with Gasteiger partial charge in [-0.25, -0.2) is 0 Å². The zero-order chi connectivity index (χ0) is 32.6. The molecule has 2 fully saturated rings. The molecule has 46 heavy (non-hydrogen) atoms. The van der Waals surface area contributed by atoms with Crippen LogP contribution >= 0.6 is 0 Å². The van der Waals surface area contributed by atoms with Gasteiger partial charge in [-0.05, 0) is 111 Å². The molecule has 0 spiro atoms. The van der Waals surface area contributed by atoms with E-state index in [2.05, 4.69) is 11.8 Å². The molecule has 7 rings (SSSR count). The lowest BCUT2D eigenvalue weighted by molar-refractivity contribution is -0.136. The summed E-state index contributed by atoms with van der Waals surface area (Å²) in [5.74, 6) is -3.99. The van der Waals surface area contributed by atoms with Crippen LogP contribution in [0.3, 0.4) is 0 Å². The highest BCUT2D eigenvalue weighted by molar-refractivity contribution is 6.28. The highest BCUT2D eigenvalue weighted by Gasteiger charge is 2.55. The smallest absolute Gasteiger partial charge is 0.255 e. The predicted molar refractivity (Wildman–Crippen MR) is 168 cm³/mol. The second-order valence-electron chi connectivity index (χ2n) is 13.6. The van der Waals surface area contributed by atoms with Crippen molar-refractivity contribution in [2.75, 3.05) is 34.0 Å². The number of carbonyl (C=O) groups is 3. The zero-order valence-electron chi connectivity index (χ0n) is 26.2. The van der Waals surface area contributed by atoms with E-state index in [0.29, 0.717) is 35.9 Å². The number of aliphatic hydroxyl groups excluding tert-OH is 2. The third kappa shape index (κ3) is 4.67. The fourth-order valence-corrected chi connectivity index (χ4v) is 8.35. The second-order valence-corrected chi connectivity index (χ2v) is 13.6. The summed E-state index contributed by atoms with van der Waals surface area (Å²) in [6, 6.07) is 6.51. The number of rotatable bonds is 5. The number of likely N-dealkylation sites (tertiary alicyclic amines) is 1. The van der Waals surface area contributed by atoms with Gasteiger partial charge in [-0.3, -0.25) is 24.2 Å². The van der Waals surface area contributed by atoms with Gasteiger partial charge in [0.25, 0.3) is 5.91 Å². The van der Waals surface area contributed by atoms with E-state index in [0.717, 1.165) is 42.6 Å². The van der Waals surface area contributed by atoms with Crippen LogP contribution in [0.15, 0.2) is 41.2 Å². The van der Waals surface area contributed by atoms with Gasteiger partial charge >= 0.3 is 0 Å². The summed E-state index contributed by atoms with van der Waals surface area (Å²) in [7, 11) is 3.41. The number of aliphatic hydroxyl groups is 2. The van der Waals surface area contributed by atoms with Gasteiger partial charge in [0.1, 0.15) is 22.8 Å². The Morgan fingerprint density at radius 1 is 1.02 bits per heavy atom. The van der Waals surface area contributed by atoms with Gasteiger partial charge in [0, 0.05) is 12.1 Å². The van der Waals surface area contributed by atoms with Gasteiger partial charge in [0.05, 0.1) is 17.5 Å². The summed E-state index contributed by atoms with van der Waals surface area (Å²) >= 11 is 0. The molecule has 0 radical (unpaired) electrons. The van der Waals surface area contributed by atoms with Crippen molar-refractivity contribution < 1.29 is 39.2 Å². The Hall–Kier alpha value is -4.35. The first-order valence-corrected chi connectivity index (χ1v) is 15.9. The topological polar surface area (TPSA) is 163 Å². The molecule has 11 nitrogen and oxygen atoms in total. The number of carbonyl (C=O) groups excluding carboxylic acids is 3. The number of ether oxygens (including phenoxy) is 2. The Balaban J connectivity index is 1.34. The fraction of sp³-hybridized carbons (Fsp3) is 0.457. The van der Waals surface area contributed by atoms with E-state index in [1.807, 2.05) is 18.2 Å². The predicted octanol–water partition coefficient (Wildman–Crippen LogP) is 3.48. The number of nitrogens with zero attached hydrogens (tertiary/aromatic N) is 2. The molecule has 2 heterocycles. The van der Waals surface area contributed by atoms with Crippen molar-refractivity contribution in [3.8, 4) is 28.4 Å². The van der Waals surface area contributed by atoms with Crippen molar-refractivity contribution >= 4 is 23.2 Å². The number of phenolic OH excluding ortho intramolecular Hbond substituents is 1. The van der Waals surface area contributed by atoms with Crippen LogP contribution in [0.1, 0.15) is 42.9 Å². The van der Waals surface area contributed by atoms with Gasteiger partial charge in [0.15, 0.2) is 23.1 Å². The number of ketones is 2. The lowest BCUT2D eigenvalue weighted by atomic mass is 9.59. The van der Waals surface area contributed by atoms with Crippen LogP contribution in [0.2, 0.25) is 0 Å².